The minimum atomic E-state index is -0.217. The molecular weight excluding hydrogens is 300 g/mol. The number of carbonyl (C=O) groups is 2. The van der Waals surface area contributed by atoms with Gasteiger partial charge in [-0.3, -0.25) is 14.5 Å². The van der Waals surface area contributed by atoms with E-state index in [1.165, 1.54) is 4.90 Å². The van der Waals surface area contributed by atoms with Crippen molar-refractivity contribution in [3.63, 3.8) is 0 Å². The quantitative estimate of drug-likeness (QED) is 0.754. The van der Waals surface area contributed by atoms with Crippen LogP contribution in [0.15, 0.2) is 29.2 Å². The Morgan fingerprint density at radius 1 is 1.23 bits per heavy atom. The fourth-order valence-electron chi connectivity index (χ4n) is 1.97. The van der Waals surface area contributed by atoms with E-state index in [0.29, 0.717) is 24.6 Å². The summed E-state index contributed by atoms with van der Waals surface area (Å²) in [6.07, 6.45) is 1.75. The lowest BCUT2D eigenvalue weighted by atomic mass is 10.2. The van der Waals surface area contributed by atoms with Crippen molar-refractivity contribution < 1.29 is 14.3 Å². The van der Waals surface area contributed by atoms with E-state index in [4.69, 9.17) is 4.74 Å². The van der Waals surface area contributed by atoms with E-state index in [0.717, 1.165) is 23.1 Å². The fourth-order valence-corrected chi connectivity index (χ4v) is 2.84. The third kappa shape index (κ3) is 4.11. The zero-order valence-corrected chi connectivity index (χ0v) is 13.9. The minimum absolute atomic E-state index is 0.205. The van der Waals surface area contributed by atoms with Gasteiger partial charge in [0.1, 0.15) is 5.75 Å². The van der Waals surface area contributed by atoms with Crippen molar-refractivity contribution in [1.82, 2.24) is 9.80 Å². The smallest absolute Gasteiger partial charge is 0.293 e. The molecule has 1 fully saturated rings. The molecule has 2 rings (SSSR count). The molecule has 1 aromatic rings. The molecule has 0 aromatic heterocycles. The maximum atomic E-state index is 12.3. The van der Waals surface area contributed by atoms with E-state index in [9.17, 15) is 9.59 Å². The summed E-state index contributed by atoms with van der Waals surface area (Å²) in [5.74, 6) is 0.574. The molecule has 1 aliphatic heterocycles. The zero-order valence-electron chi connectivity index (χ0n) is 13.0. The molecule has 0 radical (unpaired) electrons. The second kappa shape index (κ2) is 7.47. The average molecular weight is 320 g/mol. The van der Waals surface area contributed by atoms with Gasteiger partial charge in [0.05, 0.1) is 11.5 Å². The summed E-state index contributed by atoms with van der Waals surface area (Å²) < 4.78 is 5.38. The first-order valence-electron chi connectivity index (χ1n) is 7.14. The molecule has 0 spiro atoms. The highest BCUT2D eigenvalue weighted by atomic mass is 32.2. The monoisotopic (exact) mass is 320 g/mol. The van der Waals surface area contributed by atoms with Crippen molar-refractivity contribution in [2.45, 2.75) is 6.92 Å². The molecule has 5 nitrogen and oxygen atoms in total. The third-order valence-corrected chi connectivity index (χ3v) is 4.04. The number of nitrogens with zero attached hydrogens (tertiary/aromatic N) is 2. The molecule has 118 valence electrons. The Kier molecular flexibility index (Phi) is 5.63. The van der Waals surface area contributed by atoms with Gasteiger partial charge in [-0.1, -0.05) is 12.1 Å². The predicted octanol–water partition coefficient (Wildman–Crippen LogP) is 2.68. The zero-order chi connectivity index (χ0) is 16.1. The van der Waals surface area contributed by atoms with Crippen LogP contribution in [0.5, 0.6) is 5.75 Å². The van der Waals surface area contributed by atoms with Crippen LogP contribution in [0.2, 0.25) is 0 Å². The Labute approximate surface area is 134 Å². The molecule has 1 aromatic carbocycles. The van der Waals surface area contributed by atoms with Gasteiger partial charge in [0.25, 0.3) is 11.1 Å². The lowest BCUT2D eigenvalue weighted by Crippen LogP contribution is -2.34. The van der Waals surface area contributed by atoms with Crippen molar-refractivity contribution >= 4 is 29.0 Å². The van der Waals surface area contributed by atoms with Gasteiger partial charge in [0.2, 0.25) is 0 Å². The van der Waals surface area contributed by atoms with E-state index in [1.807, 2.05) is 50.2 Å². The van der Waals surface area contributed by atoms with E-state index in [2.05, 4.69) is 0 Å². The number of thioether (sulfide) groups is 1. The number of hydrogen-bond acceptors (Lipinski definition) is 5. The van der Waals surface area contributed by atoms with Crippen LogP contribution in [0.1, 0.15) is 12.5 Å². The van der Waals surface area contributed by atoms with Gasteiger partial charge in [-0.2, -0.15) is 0 Å². The summed E-state index contributed by atoms with van der Waals surface area (Å²) in [5.41, 5.74) is 0.876. The van der Waals surface area contributed by atoms with Crippen LogP contribution in [0.3, 0.4) is 0 Å². The van der Waals surface area contributed by atoms with Gasteiger partial charge in [0.15, 0.2) is 0 Å². The molecule has 1 aliphatic rings. The summed E-state index contributed by atoms with van der Waals surface area (Å²) in [6.45, 7) is 3.62. The summed E-state index contributed by atoms with van der Waals surface area (Å²) in [5, 5.41) is -0.205. The van der Waals surface area contributed by atoms with Crippen LogP contribution in [-0.4, -0.2) is 54.7 Å². The van der Waals surface area contributed by atoms with Crippen LogP contribution in [0.25, 0.3) is 6.08 Å². The number of ether oxygens (including phenoxy) is 1. The number of carbonyl (C=O) groups excluding carboxylic acids is 2. The molecule has 2 amide bonds. The predicted molar refractivity (Wildman–Crippen MR) is 88.8 cm³/mol. The highest BCUT2D eigenvalue weighted by molar-refractivity contribution is 8.18. The highest BCUT2D eigenvalue weighted by Gasteiger charge is 2.34. The molecular formula is C16H20N2O3S. The van der Waals surface area contributed by atoms with Gasteiger partial charge in [-0.15, -0.1) is 0 Å². The van der Waals surface area contributed by atoms with Crippen molar-refractivity contribution in [3.05, 3.63) is 34.7 Å². The summed E-state index contributed by atoms with van der Waals surface area (Å²) in [6, 6.07) is 7.45. The molecule has 0 bridgehead atoms. The third-order valence-electron chi connectivity index (χ3n) is 3.13. The van der Waals surface area contributed by atoms with Crippen molar-refractivity contribution in [2.24, 2.45) is 0 Å². The first kappa shape index (κ1) is 16.6. The molecule has 0 saturated carbocycles. The number of hydrogen-bond donors (Lipinski definition) is 0. The minimum Gasteiger partial charge on any atom is -0.494 e. The van der Waals surface area contributed by atoms with Crippen LogP contribution in [0, 0.1) is 0 Å². The number of imide groups is 1. The second-order valence-electron chi connectivity index (χ2n) is 5.14. The van der Waals surface area contributed by atoms with Gasteiger partial charge >= 0.3 is 0 Å². The molecule has 0 atom stereocenters. The van der Waals surface area contributed by atoms with Crippen LogP contribution in [-0.2, 0) is 4.79 Å². The molecule has 1 heterocycles. The Balaban J connectivity index is 2.08. The molecule has 22 heavy (non-hydrogen) atoms. The van der Waals surface area contributed by atoms with Crippen molar-refractivity contribution in [3.8, 4) is 5.75 Å². The maximum Gasteiger partial charge on any atom is 0.293 e. The molecule has 0 aliphatic carbocycles. The summed E-state index contributed by atoms with van der Waals surface area (Å²) in [4.78, 5) is 27.9. The lowest BCUT2D eigenvalue weighted by molar-refractivity contribution is -0.122. The number of rotatable bonds is 6. The van der Waals surface area contributed by atoms with Crippen LogP contribution in [0.4, 0.5) is 4.79 Å². The van der Waals surface area contributed by atoms with Crippen LogP contribution >= 0.6 is 11.8 Å². The van der Waals surface area contributed by atoms with Gasteiger partial charge in [-0.25, -0.2) is 0 Å². The maximum absolute atomic E-state index is 12.3. The first-order chi connectivity index (χ1) is 10.5. The van der Waals surface area contributed by atoms with Crippen molar-refractivity contribution in [1.29, 1.82) is 0 Å². The van der Waals surface area contributed by atoms with E-state index >= 15 is 0 Å². The van der Waals surface area contributed by atoms with Crippen LogP contribution < -0.4 is 4.74 Å². The van der Waals surface area contributed by atoms with Gasteiger partial charge < -0.3 is 9.64 Å². The van der Waals surface area contributed by atoms with Crippen molar-refractivity contribution in [2.75, 3.05) is 33.8 Å². The van der Waals surface area contributed by atoms with Gasteiger partial charge in [-0.05, 0) is 56.6 Å². The Morgan fingerprint density at radius 3 is 2.50 bits per heavy atom. The largest absolute Gasteiger partial charge is 0.494 e. The Bertz CT molecular complexity index is 582. The normalized spacial score (nSPS) is 16.9. The SMILES string of the molecule is CCOc1ccc(C=C2SC(=O)N(CCN(C)C)C2=O)cc1. The van der Waals surface area contributed by atoms with E-state index < -0.39 is 0 Å². The van der Waals surface area contributed by atoms with E-state index in [-0.39, 0.29) is 11.1 Å². The molecule has 6 heteroatoms. The second-order valence-corrected chi connectivity index (χ2v) is 6.13. The number of amides is 2. The average Bonchev–Trinajstić information content (AvgIpc) is 2.73. The first-order valence-corrected chi connectivity index (χ1v) is 7.96. The molecule has 1 saturated heterocycles. The fraction of sp³-hybridized carbons (Fsp3) is 0.375. The summed E-state index contributed by atoms with van der Waals surface area (Å²) in [7, 11) is 3.82. The lowest BCUT2D eigenvalue weighted by Gasteiger charge is -2.15. The topological polar surface area (TPSA) is 49.9 Å². The standard InChI is InChI=1S/C16H20N2O3S/c1-4-21-13-7-5-12(6-8-13)11-14-15(19)18(16(20)22-14)10-9-17(2)3/h5-8,11H,4,9-10H2,1-3H3. The number of benzene rings is 1. The molecule has 0 unspecified atom stereocenters. The number of likely N-dealkylation sites (N-methyl/N-ethyl adjacent to an activating group) is 1. The Hall–Kier alpha value is -1.79. The highest BCUT2D eigenvalue weighted by Crippen LogP contribution is 2.32. The van der Waals surface area contributed by atoms with Gasteiger partial charge in [0, 0.05) is 13.1 Å². The van der Waals surface area contributed by atoms with E-state index in [1.54, 1.807) is 6.08 Å². The molecule has 0 N–H and O–H groups in total. The Morgan fingerprint density at radius 2 is 1.91 bits per heavy atom. The summed E-state index contributed by atoms with van der Waals surface area (Å²) >= 11 is 0.992.